The molecule has 1 N–H and O–H groups in total. The van der Waals surface area contributed by atoms with E-state index in [4.69, 9.17) is 10.4 Å². The Morgan fingerprint density at radius 1 is 1.11 bits per heavy atom. The van der Waals surface area contributed by atoms with Gasteiger partial charge >= 0.3 is 0 Å². The molecule has 0 aliphatic carbocycles. The topological polar surface area (TPSA) is 47.3 Å². The van der Waals surface area contributed by atoms with Crippen molar-refractivity contribution in [3.8, 4) is 6.07 Å². The van der Waals surface area contributed by atoms with Crippen molar-refractivity contribution in [1.82, 2.24) is 0 Å². The second-order valence-electron chi connectivity index (χ2n) is 4.63. The number of aliphatic hydroxyl groups excluding tert-OH is 1. The number of nitrogens with zero attached hydrogens (tertiary/aromatic N) is 2. The third-order valence-electron chi connectivity index (χ3n) is 3.28. The van der Waals surface area contributed by atoms with Crippen LogP contribution in [0.1, 0.15) is 31.2 Å². The molecule has 0 saturated carbocycles. The summed E-state index contributed by atoms with van der Waals surface area (Å²) in [6.45, 7) is 2.25. The average molecular weight is 242 g/mol. The van der Waals surface area contributed by atoms with E-state index in [-0.39, 0.29) is 5.76 Å². The van der Waals surface area contributed by atoms with Gasteiger partial charge in [-0.1, -0.05) is 25.0 Å². The third kappa shape index (κ3) is 3.27. The number of rotatable bonds is 2. The fourth-order valence-corrected chi connectivity index (χ4v) is 2.30. The van der Waals surface area contributed by atoms with Gasteiger partial charge in [0.05, 0.1) is 0 Å². The molecular formula is C15H18N2O. The molecule has 18 heavy (non-hydrogen) atoms. The van der Waals surface area contributed by atoms with Crippen LogP contribution in [-0.4, -0.2) is 18.2 Å². The number of nitriles is 1. The van der Waals surface area contributed by atoms with E-state index in [1.807, 2.05) is 12.1 Å². The predicted octanol–water partition coefficient (Wildman–Crippen LogP) is 3.49. The zero-order valence-electron chi connectivity index (χ0n) is 10.5. The number of benzene rings is 1. The van der Waals surface area contributed by atoms with Crippen LogP contribution in [0.5, 0.6) is 0 Å². The Labute approximate surface area is 108 Å². The third-order valence-corrected chi connectivity index (χ3v) is 3.28. The minimum absolute atomic E-state index is 0.252. The molecule has 1 fully saturated rings. The lowest BCUT2D eigenvalue weighted by Gasteiger charge is -2.22. The number of allylic oxidation sites excluding steroid dienone is 1. The normalized spacial score (nSPS) is 17.1. The highest BCUT2D eigenvalue weighted by molar-refractivity contribution is 5.58. The summed E-state index contributed by atoms with van der Waals surface area (Å²) in [7, 11) is 0. The molecule has 1 aliphatic rings. The first-order valence-corrected chi connectivity index (χ1v) is 6.45. The highest BCUT2D eigenvalue weighted by Crippen LogP contribution is 2.20. The summed E-state index contributed by atoms with van der Waals surface area (Å²) in [6, 6.07) is 9.70. The molecule has 0 amide bonds. The summed E-state index contributed by atoms with van der Waals surface area (Å²) in [5.41, 5.74) is 2.08. The molecule has 3 nitrogen and oxygen atoms in total. The summed E-state index contributed by atoms with van der Waals surface area (Å²) in [5.74, 6) is -0.252. The molecule has 0 radical (unpaired) electrons. The fraction of sp³-hybridized carbons (Fsp3) is 0.400. The van der Waals surface area contributed by atoms with Crippen molar-refractivity contribution in [2.75, 3.05) is 18.0 Å². The van der Waals surface area contributed by atoms with Crippen LogP contribution in [0.3, 0.4) is 0 Å². The standard InChI is InChI=1S/C15H18N2O/c16-12-15(18)11-13-5-7-14(8-6-13)17-9-3-1-2-4-10-17/h5-8,11,18H,1-4,9-10H2/b15-11-. The van der Waals surface area contributed by atoms with Gasteiger partial charge in [-0.15, -0.1) is 0 Å². The molecule has 1 heterocycles. The maximum Gasteiger partial charge on any atom is 0.195 e. The first kappa shape index (κ1) is 12.5. The molecule has 1 aromatic carbocycles. The highest BCUT2D eigenvalue weighted by Gasteiger charge is 2.09. The second kappa shape index (κ2) is 6.11. The largest absolute Gasteiger partial charge is 0.499 e. The zero-order chi connectivity index (χ0) is 12.8. The molecule has 0 bridgehead atoms. The first-order valence-electron chi connectivity index (χ1n) is 6.45. The minimum atomic E-state index is -0.252. The average Bonchev–Trinajstić information content (AvgIpc) is 2.68. The Morgan fingerprint density at radius 2 is 1.72 bits per heavy atom. The van der Waals surface area contributed by atoms with Crippen LogP contribution in [0, 0.1) is 11.3 Å². The van der Waals surface area contributed by atoms with Crippen molar-refractivity contribution in [2.24, 2.45) is 0 Å². The summed E-state index contributed by atoms with van der Waals surface area (Å²) in [5, 5.41) is 17.7. The summed E-state index contributed by atoms with van der Waals surface area (Å²) in [6.07, 6.45) is 6.65. The maximum atomic E-state index is 9.16. The molecule has 1 aromatic rings. The first-order chi connectivity index (χ1) is 8.79. The molecule has 3 heteroatoms. The van der Waals surface area contributed by atoms with Gasteiger partial charge in [0.25, 0.3) is 0 Å². The van der Waals surface area contributed by atoms with E-state index in [2.05, 4.69) is 17.0 Å². The van der Waals surface area contributed by atoms with E-state index >= 15 is 0 Å². The SMILES string of the molecule is N#C/C(O)=C/c1ccc(N2CCCCCC2)cc1. The van der Waals surface area contributed by atoms with Gasteiger partial charge in [-0.3, -0.25) is 0 Å². The Kier molecular flexibility index (Phi) is 4.25. The quantitative estimate of drug-likeness (QED) is 0.490. The van der Waals surface area contributed by atoms with Crippen molar-refractivity contribution >= 4 is 11.8 Å². The molecule has 0 aromatic heterocycles. The number of aliphatic hydroxyl groups is 1. The number of anilines is 1. The lowest BCUT2D eigenvalue weighted by molar-refractivity contribution is 0.442. The molecule has 0 spiro atoms. The van der Waals surface area contributed by atoms with Gasteiger partial charge in [0.1, 0.15) is 6.07 Å². The Balaban J connectivity index is 2.09. The lowest BCUT2D eigenvalue weighted by atomic mass is 10.1. The lowest BCUT2D eigenvalue weighted by Crippen LogP contribution is -2.23. The van der Waals surface area contributed by atoms with Crippen molar-refractivity contribution in [3.63, 3.8) is 0 Å². The fourth-order valence-electron chi connectivity index (χ4n) is 2.30. The number of hydrogen-bond donors (Lipinski definition) is 1. The van der Waals surface area contributed by atoms with Gasteiger partial charge in [-0.25, -0.2) is 0 Å². The Bertz CT molecular complexity index is 448. The highest BCUT2D eigenvalue weighted by atomic mass is 16.3. The van der Waals surface area contributed by atoms with Crippen LogP contribution in [0.2, 0.25) is 0 Å². The van der Waals surface area contributed by atoms with Crippen LogP contribution in [0.25, 0.3) is 6.08 Å². The number of hydrogen-bond acceptors (Lipinski definition) is 3. The molecular weight excluding hydrogens is 224 g/mol. The minimum Gasteiger partial charge on any atom is -0.499 e. The van der Waals surface area contributed by atoms with Gasteiger partial charge in [0.2, 0.25) is 0 Å². The van der Waals surface area contributed by atoms with Gasteiger partial charge < -0.3 is 10.0 Å². The summed E-state index contributed by atoms with van der Waals surface area (Å²) >= 11 is 0. The van der Waals surface area contributed by atoms with E-state index in [1.54, 1.807) is 6.07 Å². The monoisotopic (exact) mass is 242 g/mol. The molecule has 0 atom stereocenters. The van der Waals surface area contributed by atoms with E-state index in [0.29, 0.717) is 0 Å². The van der Waals surface area contributed by atoms with Crippen molar-refractivity contribution in [1.29, 1.82) is 5.26 Å². The van der Waals surface area contributed by atoms with Crippen molar-refractivity contribution < 1.29 is 5.11 Å². The van der Waals surface area contributed by atoms with E-state index in [9.17, 15) is 0 Å². The summed E-state index contributed by atoms with van der Waals surface area (Å²) in [4.78, 5) is 2.41. The smallest absolute Gasteiger partial charge is 0.195 e. The van der Waals surface area contributed by atoms with Gasteiger partial charge in [0, 0.05) is 18.8 Å². The van der Waals surface area contributed by atoms with Crippen LogP contribution in [0.4, 0.5) is 5.69 Å². The van der Waals surface area contributed by atoms with Gasteiger partial charge in [-0.2, -0.15) is 5.26 Å². The van der Waals surface area contributed by atoms with E-state index < -0.39 is 0 Å². The van der Waals surface area contributed by atoms with Crippen LogP contribution in [-0.2, 0) is 0 Å². The summed E-state index contributed by atoms with van der Waals surface area (Å²) < 4.78 is 0. The second-order valence-corrected chi connectivity index (χ2v) is 4.63. The molecule has 1 aliphatic heterocycles. The van der Waals surface area contributed by atoms with Gasteiger partial charge in [0.15, 0.2) is 5.76 Å². The van der Waals surface area contributed by atoms with E-state index in [1.165, 1.54) is 37.4 Å². The van der Waals surface area contributed by atoms with Crippen LogP contribution < -0.4 is 4.90 Å². The molecule has 1 saturated heterocycles. The predicted molar refractivity (Wildman–Crippen MR) is 73.3 cm³/mol. The van der Waals surface area contributed by atoms with Gasteiger partial charge in [-0.05, 0) is 36.6 Å². The van der Waals surface area contributed by atoms with Crippen LogP contribution in [0.15, 0.2) is 30.0 Å². The van der Waals surface area contributed by atoms with Crippen LogP contribution >= 0.6 is 0 Å². The van der Waals surface area contributed by atoms with E-state index in [0.717, 1.165) is 18.7 Å². The molecule has 0 unspecified atom stereocenters. The maximum absolute atomic E-state index is 9.16. The zero-order valence-corrected chi connectivity index (χ0v) is 10.5. The van der Waals surface area contributed by atoms with Crippen molar-refractivity contribution in [3.05, 3.63) is 35.6 Å². The van der Waals surface area contributed by atoms with Crippen molar-refractivity contribution in [2.45, 2.75) is 25.7 Å². The molecule has 94 valence electrons. The molecule has 2 rings (SSSR count). The Morgan fingerprint density at radius 3 is 2.28 bits per heavy atom. The Hall–Kier alpha value is -1.95.